The molecule has 1 aliphatic rings. The number of ether oxygens (including phenoxy) is 2. The Labute approximate surface area is 186 Å². The molecule has 1 N–H and O–H groups in total. The molecule has 1 saturated heterocycles. The standard InChI is InChI=1S/C24H26N6O2/c1-31-20-11-18(12-21(13-20)32-2)28-17-7-6-10-29(15-17)23-22-14-27-30(24(22)26-16-25-23)19-8-4-3-5-9-19/h3-5,8-9,11-14,16-17,28H,6-7,10,15H2,1-2H3. The zero-order valence-corrected chi connectivity index (χ0v) is 18.2. The van der Waals surface area contributed by atoms with E-state index in [9.17, 15) is 0 Å². The van der Waals surface area contributed by atoms with Crippen LogP contribution in [0.5, 0.6) is 11.5 Å². The van der Waals surface area contributed by atoms with E-state index in [0.29, 0.717) is 0 Å². The second-order valence-electron chi connectivity index (χ2n) is 7.86. The van der Waals surface area contributed by atoms with E-state index in [1.807, 2.05) is 59.4 Å². The molecule has 0 radical (unpaired) electrons. The molecule has 1 aliphatic heterocycles. The van der Waals surface area contributed by atoms with Crippen LogP contribution in [-0.4, -0.2) is 53.1 Å². The predicted octanol–water partition coefficient (Wildman–Crippen LogP) is 3.91. The summed E-state index contributed by atoms with van der Waals surface area (Å²) in [7, 11) is 3.33. The number of fused-ring (bicyclic) bond motifs is 1. The van der Waals surface area contributed by atoms with Crippen LogP contribution in [0.1, 0.15) is 12.8 Å². The average Bonchev–Trinajstić information content (AvgIpc) is 3.29. The van der Waals surface area contributed by atoms with Crippen molar-refractivity contribution in [3.05, 3.63) is 61.1 Å². The second-order valence-corrected chi connectivity index (χ2v) is 7.86. The minimum absolute atomic E-state index is 0.273. The number of hydrogen-bond donors (Lipinski definition) is 1. The average molecular weight is 431 g/mol. The van der Waals surface area contributed by atoms with Crippen LogP contribution in [0, 0.1) is 0 Å². The van der Waals surface area contributed by atoms with Gasteiger partial charge in [0.15, 0.2) is 5.65 Å². The van der Waals surface area contributed by atoms with Crippen molar-refractivity contribution in [1.29, 1.82) is 0 Å². The molecular formula is C24H26N6O2. The molecular weight excluding hydrogens is 404 g/mol. The second kappa shape index (κ2) is 8.74. The molecule has 32 heavy (non-hydrogen) atoms. The number of aromatic nitrogens is 4. The first-order valence-corrected chi connectivity index (χ1v) is 10.7. The van der Waals surface area contributed by atoms with Gasteiger partial charge in [-0.05, 0) is 25.0 Å². The van der Waals surface area contributed by atoms with Crippen LogP contribution in [0.2, 0.25) is 0 Å². The van der Waals surface area contributed by atoms with E-state index < -0.39 is 0 Å². The topological polar surface area (TPSA) is 77.3 Å². The lowest BCUT2D eigenvalue weighted by Gasteiger charge is -2.34. The summed E-state index contributed by atoms with van der Waals surface area (Å²) in [5, 5.41) is 9.19. The molecule has 2 aromatic carbocycles. The van der Waals surface area contributed by atoms with E-state index in [1.54, 1.807) is 20.5 Å². The fourth-order valence-corrected chi connectivity index (χ4v) is 4.26. The highest BCUT2D eigenvalue weighted by atomic mass is 16.5. The Morgan fingerprint density at radius 2 is 1.78 bits per heavy atom. The van der Waals surface area contributed by atoms with Crippen molar-refractivity contribution < 1.29 is 9.47 Å². The molecule has 1 unspecified atom stereocenters. The zero-order chi connectivity index (χ0) is 21.9. The Morgan fingerprint density at radius 3 is 2.53 bits per heavy atom. The van der Waals surface area contributed by atoms with Crippen LogP contribution < -0.4 is 19.7 Å². The molecule has 2 aromatic heterocycles. The van der Waals surface area contributed by atoms with Gasteiger partial charge in [-0.2, -0.15) is 5.10 Å². The van der Waals surface area contributed by atoms with Crippen molar-refractivity contribution in [3.8, 4) is 17.2 Å². The summed E-state index contributed by atoms with van der Waals surface area (Å²) in [6.45, 7) is 1.78. The summed E-state index contributed by atoms with van der Waals surface area (Å²) in [6, 6.07) is 16.2. The third kappa shape index (κ3) is 3.91. The van der Waals surface area contributed by atoms with Crippen LogP contribution in [-0.2, 0) is 0 Å². The Bertz CT molecular complexity index is 1190. The Hall–Kier alpha value is -3.81. The Kier molecular flexibility index (Phi) is 5.49. The maximum atomic E-state index is 5.41. The van der Waals surface area contributed by atoms with Crippen LogP contribution in [0.3, 0.4) is 0 Å². The van der Waals surface area contributed by atoms with Gasteiger partial charge in [0.25, 0.3) is 0 Å². The van der Waals surface area contributed by atoms with E-state index >= 15 is 0 Å². The highest BCUT2D eigenvalue weighted by molar-refractivity contribution is 5.87. The Morgan fingerprint density at radius 1 is 1.00 bits per heavy atom. The van der Waals surface area contributed by atoms with E-state index in [-0.39, 0.29) is 6.04 Å². The maximum absolute atomic E-state index is 5.41. The normalized spacial score (nSPS) is 16.2. The minimum atomic E-state index is 0.273. The highest BCUT2D eigenvalue weighted by Gasteiger charge is 2.24. The van der Waals surface area contributed by atoms with Crippen molar-refractivity contribution in [3.63, 3.8) is 0 Å². The molecule has 164 valence electrons. The third-order valence-corrected chi connectivity index (χ3v) is 5.79. The summed E-state index contributed by atoms with van der Waals surface area (Å²) >= 11 is 0. The van der Waals surface area contributed by atoms with Gasteiger partial charge in [-0.3, -0.25) is 0 Å². The van der Waals surface area contributed by atoms with Crippen molar-refractivity contribution in [2.24, 2.45) is 0 Å². The summed E-state index contributed by atoms with van der Waals surface area (Å²) in [5.41, 5.74) is 2.78. The summed E-state index contributed by atoms with van der Waals surface area (Å²) in [4.78, 5) is 11.5. The molecule has 1 fully saturated rings. The van der Waals surface area contributed by atoms with Crippen LogP contribution in [0.25, 0.3) is 16.7 Å². The van der Waals surface area contributed by atoms with Crippen molar-refractivity contribution in [2.75, 3.05) is 37.5 Å². The molecule has 1 atom stereocenters. The maximum Gasteiger partial charge on any atom is 0.168 e. The monoisotopic (exact) mass is 430 g/mol. The lowest BCUT2D eigenvalue weighted by molar-refractivity contribution is 0.394. The van der Waals surface area contributed by atoms with Gasteiger partial charge < -0.3 is 19.7 Å². The molecule has 0 aliphatic carbocycles. The minimum Gasteiger partial charge on any atom is -0.497 e. The molecule has 0 saturated carbocycles. The number of benzene rings is 2. The molecule has 4 aromatic rings. The first kappa shape index (κ1) is 20.1. The first-order chi connectivity index (χ1) is 15.7. The van der Waals surface area contributed by atoms with Gasteiger partial charge in [0, 0.05) is 43.0 Å². The van der Waals surface area contributed by atoms with Gasteiger partial charge in [-0.1, -0.05) is 18.2 Å². The molecule has 0 bridgehead atoms. The summed E-state index contributed by atoms with van der Waals surface area (Å²) in [6.07, 6.45) is 5.63. The number of piperidine rings is 1. The molecule has 8 nitrogen and oxygen atoms in total. The number of nitrogens with one attached hydrogen (secondary N) is 1. The van der Waals surface area contributed by atoms with Crippen LogP contribution in [0.4, 0.5) is 11.5 Å². The van der Waals surface area contributed by atoms with Crippen molar-refractivity contribution in [2.45, 2.75) is 18.9 Å². The van der Waals surface area contributed by atoms with Gasteiger partial charge in [0.2, 0.25) is 0 Å². The fraction of sp³-hybridized carbons (Fsp3) is 0.292. The number of hydrogen-bond acceptors (Lipinski definition) is 7. The number of para-hydroxylation sites is 1. The quantitative estimate of drug-likeness (QED) is 0.497. The molecule has 8 heteroatoms. The molecule has 0 amide bonds. The third-order valence-electron chi connectivity index (χ3n) is 5.79. The predicted molar refractivity (Wildman–Crippen MR) is 125 cm³/mol. The van der Waals surface area contributed by atoms with Crippen LogP contribution >= 0.6 is 0 Å². The van der Waals surface area contributed by atoms with Gasteiger partial charge in [-0.15, -0.1) is 0 Å². The number of anilines is 2. The molecule has 3 heterocycles. The SMILES string of the molecule is COc1cc(NC2CCCN(c3ncnc4c3cnn4-c3ccccc3)C2)cc(OC)c1. The van der Waals surface area contributed by atoms with Gasteiger partial charge in [-0.25, -0.2) is 14.6 Å². The zero-order valence-electron chi connectivity index (χ0n) is 18.2. The van der Waals surface area contributed by atoms with Gasteiger partial charge in [0.05, 0.1) is 31.5 Å². The molecule has 5 rings (SSSR count). The van der Waals surface area contributed by atoms with Gasteiger partial charge >= 0.3 is 0 Å². The lowest BCUT2D eigenvalue weighted by atomic mass is 10.0. The number of methoxy groups -OCH3 is 2. The van der Waals surface area contributed by atoms with E-state index in [0.717, 1.165) is 65.7 Å². The van der Waals surface area contributed by atoms with Crippen LogP contribution in [0.15, 0.2) is 61.1 Å². The molecule has 0 spiro atoms. The van der Waals surface area contributed by atoms with Crippen molar-refractivity contribution in [1.82, 2.24) is 19.7 Å². The number of nitrogens with zero attached hydrogens (tertiary/aromatic N) is 5. The first-order valence-electron chi connectivity index (χ1n) is 10.7. The van der Waals surface area contributed by atoms with E-state index in [1.165, 1.54) is 0 Å². The summed E-state index contributed by atoms with van der Waals surface area (Å²) < 4.78 is 12.7. The van der Waals surface area contributed by atoms with E-state index in [2.05, 4.69) is 25.3 Å². The Balaban J connectivity index is 1.40. The summed E-state index contributed by atoms with van der Waals surface area (Å²) in [5.74, 6) is 2.46. The lowest BCUT2D eigenvalue weighted by Crippen LogP contribution is -2.42. The van der Waals surface area contributed by atoms with Gasteiger partial charge in [0.1, 0.15) is 23.6 Å². The number of rotatable bonds is 6. The highest BCUT2D eigenvalue weighted by Crippen LogP contribution is 2.30. The largest absolute Gasteiger partial charge is 0.497 e. The fourth-order valence-electron chi connectivity index (χ4n) is 4.26. The van der Waals surface area contributed by atoms with Crippen molar-refractivity contribution >= 4 is 22.5 Å². The smallest absolute Gasteiger partial charge is 0.168 e. The van der Waals surface area contributed by atoms with E-state index in [4.69, 9.17) is 9.47 Å².